The summed E-state index contributed by atoms with van der Waals surface area (Å²) in [5.74, 6) is 1.20. The SMILES string of the molecule is O=C1CC2(CCCCN2CC2CC2)CN1. The highest BCUT2D eigenvalue weighted by molar-refractivity contribution is 5.80. The summed E-state index contributed by atoms with van der Waals surface area (Å²) < 4.78 is 0. The Morgan fingerprint density at radius 2 is 2.27 bits per heavy atom. The van der Waals surface area contributed by atoms with Crippen molar-refractivity contribution in [2.45, 2.75) is 44.1 Å². The van der Waals surface area contributed by atoms with Crippen molar-refractivity contribution < 1.29 is 4.79 Å². The number of amides is 1. The predicted octanol–water partition coefficient (Wildman–Crippen LogP) is 1.14. The van der Waals surface area contributed by atoms with Crippen LogP contribution in [0.2, 0.25) is 0 Å². The van der Waals surface area contributed by atoms with E-state index >= 15 is 0 Å². The summed E-state index contributed by atoms with van der Waals surface area (Å²) in [7, 11) is 0. The first-order valence-electron chi connectivity index (χ1n) is 6.30. The Balaban J connectivity index is 1.73. The lowest BCUT2D eigenvalue weighted by molar-refractivity contribution is -0.120. The average Bonchev–Trinajstić information content (AvgIpc) is 2.96. The summed E-state index contributed by atoms with van der Waals surface area (Å²) in [4.78, 5) is 14.0. The predicted molar refractivity (Wildman–Crippen MR) is 58.5 cm³/mol. The molecule has 1 spiro atoms. The lowest BCUT2D eigenvalue weighted by Crippen LogP contribution is -2.53. The summed E-state index contributed by atoms with van der Waals surface area (Å²) in [6.45, 7) is 3.36. The van der Waals surface area contributed by atoms with Crippen LogP contribution in [0.4, 0.5) is 0 Å². The molecule has 3 aliphatic rings. The number of nitrogens with zero attached hydrogens (tertiary/aromatic N) is 1. The lowest BCUT2D eigenvalue weighted by atomic mass is 9.85. The molecule has 3 fully saturated rings. The van der Waals surface area contributed by atoms with Crippen molar-refractivity contribution in [3.8, 4) is 0 Å². The lowest BCUT2D eigenvalue weighted by Gasteiger charge is -2.44. The standard InChI is InChI=1S/C12H20N2O/c15-11-7-12(9-13-11)5-1-2-6-14(12)8-10-3-4-10/h10H,1-9H2,(H,13,15). The normalized spacial score (nSPS) is 37.2. The van der Waals surface area contributed by atoms with E-state index in [1.165, 1.54) is 45.2 Å². The van der Waals surface area contributed by atoms with Crippen molar-refractivity contribution in [1.82, 2.24) is 10.2 Å². The van der Waals surface area contributed by atoms with E-state index in [0.717, 1.165) is 18.9 Å². The monoisotopic (exact) mass is 208 g/mol. The third-order valence-electron chi connectivity index (χ3n) is 4.27. The maximum Gasteiger partial charge on any atom is 0.221 e. The molecule has 0 aromatic heterocycles. The van der Waals surface area contributed by atoms with Crippen molar-refractivity contribution in [2.75, 3.05) is 19.6 Å². The Kier molecular flexibility index (Phi) is 2.23. The molecule has 3 nitrogen and oxygen atoms in total. The van der Waals surface area contributed by atoms with Gasteiger partial charge in [-0.15, -0.1) is 0 Å². The molecule has 1 unspecified atom stereocenters. The van der Waals surface area contributed by atoms with Gasteiger partial charge >= 0.3 is 0 Å². The molecule has 0 bridgehead atoms. The van der Waals surface area contributed by atoms with Gasteiger partial charge in [-0.3, -0.25) is 9.69 Å². The van der Waals surface area contributed by atoms with Crippen molar-refractivity contribution in [2.24, 2.45) is 5.92 Å². The Hall–Kier alpha value is -0.570. The van der Waals surface area contributed by atoms with Gasteiger partial charge in [-0.05, 0) is 38.1 Å². The second-order valence-corrected chi connectivity index (χ2v) is 5.52. The van der Waals surface area contributed by atoms with E-state index in [1.54, 1.807) is 0 Å². The molecule has 2 heterocycles. The second kappa shape index (κ2) is 3.48. The van der Waals surface area contributed by atoms with Crippen LogP contribution >= 0.6 is 0 Å². The fourth-order valence-corrected chi connectivity index (χ4v) is 3.14. The number of piperidine rings is 1. The smallest absolute Gasteiger partial charge is 0.221 e. The molecule has 0 radical (unpaired) electrons. The summed E-state index contributed by atoms with van der Waals surface area (Å²) in [5, 5.41) is 3.02. The molecule has 3 heteroatoms. The Labute approximate surface area is 91.2 Å². The highest BCUT2D eigenvalue weighted by Crippen LogP contribution is 2.38. The molecule has 84 valence electrons. The number of hydrogen-bond donors (Lipinski definition) is 1. The maximum atomic E-state index is 11.4. The maximum absolute atomic E-state index is 11.4. The van der Waals surface area contributed by atoms with Gasteiger partial charge < -0.3 is 5.32 Å². The zero-order chi connectivity index (χ0) is 10.3. The fourth-order valence-electron chi connectivity index (χ4n) is 3.14. The van der Waals surface area contributed by atoms with Crippen molar-refractivity contribution >= 4 is 5.91 Å². The van der Waals surface area contributed by atoms with Crippen LogP contribution in [0.15, 0.2) is 0 Å². The van der Waals surface area contributed by atoms with E-state index < -0.39 is 0 Å². The van der Waals surface area contributed by atoms with Crippen LogP contribution in [0, 0.1) is 5.92 Å². The van der Waals surface area contributed by atoms with Gasteiger partial charge in [0.15, 0.2) is 0 Å². The van der Waals surface area contributed by atoms with Crippen molar-refractivity contribution in [3.63, 3.8) is 0 Å². The van der Waals surface area contributed by atoms with Crippen LogP contribution in [-0.4, -0.2) is 36.0 Å². The minimum absolute atomic E-state index is 0.206. The molecule has 1 amide bonds. The van der Waals surface area contributed by atoms with E-state index in [1.807, 2.05) is 0 Å². The fraction of sp³-hybridized carbons (Fsp3) is 0.917. The summed E-state index contributed by atoms with van der Waals surface area (Å²) in [6, 6.07) is 0. The minimum atomic E-state index is 0.206. The molecule has 1 N–H and O–H groups in total. The number of likely N-dealkylation sites (tertiary alicyclic amines) is 1. The van der Waals surface area contributed by atoms with Gasteiger partial charge in [0, 0.05) is 25.0 Å². The van der Waals surface area contributed by atoms with E-state index in [4.69, 9.17) is 0 Å². The van der Waals surface area contributed by atoms with E-state index in [2.05, 4.69) is 10.2 Å². The van der Waals surface area contributed by atoms with Crippen LogP contribution < -0.4 is 5.32 Å². The third-order valence-corrected chi connectivity index (χ3v) is 4.27. The van der Waals surface area contributed by atoms with Gasteiger partial charge in [0.2, 0.25) is 5.91 Å². The topological polar surface area (TPSA) is 32.3 Å². The number of nitrogens with one attached hydrogen (secondary N) is 1. The molecular weight excluding hydrogens is 188 g/mol. The van der Waals surface area contributed by atoms with Gasteiger partial charge in [-0.25, -0.2) is 0 Å². The van der Waals surface area contributed by atoms with E-state index in [-0.39, 0.29) is 11.4 Å². The molecule has 2 saturated heterocycles. The van der Waals surface area contributed by atoms with Crippen molar-refractivity contribution in [1.29, 1.82) is 0 Å². The molecule has 1 saturated carbocycles. The summed E-state index contributed by atoms with van der Waals surface area (Å²) in [5.41, 5.74) is 0.206. The van der Waals surface area contributed by atoms with Gasteiger partial charge in [0.05, 0.1) is 0 Å². The quantitative estimate of drug-likeness (QED) is 0.738. The van der Waals surface area contributed by atoms with Gasteiger partial charge in [0.25, 0.3) is 0 Å². The number of carbonyl (C=O) groups is 1. The summed E-state index contributed by atoms with van der Waals surface area (Å²) in [6.07, 6.45) is 7.42. The van der Waals surface area contributed by atoms with Crippen molar-refractivity contribution in [3.05, 3.63) is 0 Å². The van der Waals surface area contributed by atoms with Crippen LogP contribution in [0.3, 0.4) is 0 Å². The Morgan fingerprint density at radius 3 is 2.93 bits per heavy atom. The number of carbonyl (C=O) groups excluding carboxylic acids is 1. The molecule has 0 aromatic carbocycles. The molecular formula is C12H20N2O. The van der Waals surface area contributed by atoms with Crippen LogP contribution in [0.1, 0.15) is 38.5 Å². The molecule has 1 aliphatic carbocycles. The largest absolute Gasteiger partial charge is 0.354 e. The van der Waals surface area contributed by atoms with E-state index in [9.17, 15) is 4.79 Å². The first kappa shape index (κ1) is 9.64. The molecule has 1 atom stereocenters. The van der Waals surface area contributed by atoms with Crippen LogP contribution in [-0.2, 0) is 4.79 Å². The van der Waals surface area contributed by atoms with Gasteiger partial charge in [-0.2, -0.15) is 0 Å². The second-order valence-electron chi connectivity index (χ2n) is 5.52. The first-order valence-corrected chi connectivity index (χ1v) is 6.30. The van der Waals surface area contributed by atoms with Crippen LogP contribution in [0.25, 0.3) is 0 Å². The first-order chi connectivity index (χ1) is 7.28. The molecule has 15 heavy (non-hydrogen) atoms. The molecule has 0 aromatic rings. The summed E-state index contributed by atoms with van der Waals surface area (Å²) >= 11 is 0. The van der Waals surface area contributed by atoms with E-state index in [0.29, 0.717) is 0 Å². The van der Waals surface area contributed by atoms with Gasteiger partial charge in [-0.1, -0.05) is 6.42 Å². The van der Waals surface area contributed by atoms with Crippen LogP contribution in [0.5, 0.6) is 0 Å². The minimum Gasteiger partial charge on any atom is -0.354 e. The Bertz CT molecular complexity index is 275. The molecule has 2 aliphatic heterocycles. The Morgan fingerprint density at radius 1 is 1.40 bits per heavy atom. The van der Waals surface area contributed by atoms with Gasteiger partial charge in [0.1, 0.15) is 0 Å². The zero-order valence-electron chi connectivity index (χ0n) is 9.30. The highest BCUT2D eigenvalue weighted by atomic mass is 16.2. The number of rotatable bonds is 2. The number of hydrogen-bond acceptors (Lipinski definition) is 2. The average molecular weight is 208 g/mol. The highest BCUT2D eigenvalue weighted by Gasteiger charge is 2.45. The molecule has 3 rings (SSSR count). The zero-order valence-corrected chi connectivity index (χ0v) is 9.30. The third kappa shape index (κ3) is 1.78.